The maximum Gasteiger partial charge on any atom is 0.186 e. The van der Waals surface area contributed by atoms with Crippen LogP contribution >= 0.6 is 28.1 Å². The number of terminal acetylenes is 1. The highest BCUT2D eigenvalue weighted by molar-refractivity contribution is 9.10. The van der Waals surface area contributed by atoms with E-state index >= 15 is 0 Å². The Balaban J connectivity index is 2.61. The van der Waals surface area contributed by atoms with Crippen molar-refractivity contribution >= 4 is 39.5 Å². The molecule has 0 saturated heterocycles. The molecule has 0 unspecified atom stereocenters. The molecule has 1 aromatic carbocycles. The molecule has 1 rings (SSSR count). The van der Waals surface area contributed by atoms with Crippen LogP contribution in [-0.2, 0) is 0 Å². The number of hydrogen-bond acceptors (Lipinski definition) is 3. The first-order valence-electron chi connectivity index (χ1n) is 5.60. The summed E-state index contributed by atoms with van der Waals surface area (Å²) in [5.41, 5.74) is 3.63. The van der Waals surface area contributed by atoms with Gasteiger partial charge in [-0.3, -0.25) is 5.43 Å². The average Bonchev–Trinajstić information content (AvgIpc) is 2.38. The van der Waals surface area contributed by atoms with Crippen molar-refractivity contribution < 1.29 is 4.74 Å². The van der Waals surface area contributed by atoms with Crippen LogP contribution in [0.15, 0.2) is 27.8 Å². The van der Waals surface area contributed by atoms with Gasteiger partial charge in [0.1, 0.15) is 12.4 Å². The van der Waals surface area contributed by atoms with Gasteiger partial charge in [0, 0.05) is 6.54 Å². The lowest BCUT2D eigenvalue weighted by molar-refractivity contribution is 0.368. The maximum atomic E-state index is 5.34. The van der Waals surface area contributed by atoms with Crippen LogP contribution in [0.4, 0.5) is 0 Å². The van der Waals surface area contributed by atoms with E-state index in [1.54, 1.807) is 6.21 Å². The zero-order chi connectivity index (χ0) is 14.1. The smallest absolute Gasteiger partial charge is 0.186 e. The molecule has 0 radical (unpaired) electrons. The van der Waals surface area contributed by atoms with E-state index in [4.69, 9.17) is 23.4 Å². The maximum absolute atomic E-state index is 5.34. The Morgan fingerprint density at radius 3 is 3.05 bits per heavy atom. The third-order valence-corrected chi connectivity index (χ3v) is 2.84. The quantitative estimate of drug-likeness (QED) is 0.374. The molecule has 0 fully saturated rings. The third-order valence-electron chi connectivity index (χ3n) is 1.98. The molecule has 0 atom stereocenters. The molecular formula is C13H14BrN3OS. The molecule has 1 aromatic rings. The second-order valence-corrected chi connectivity index (χ2v) is 4.67. The van der Waals surface area contributed by atoms with Gasteiger partial charge in [0.05, 0.1) is 10.7 Å². The van der Waals surface area contributed by atoms with Crippen LogP contribution < -0.4 is 15.5 Å². The number of hydrazone groups is 1. The zero-order valence-corrected chi connectivity index (χ0v) is 12.8. The number of rotatable bonds is 5. The lowest BCUT2D eigenvalue weighted by atomic mass is 10.2. The molecule has 2 N–H and O–H groups in total. The van der Waals surface area contributed by atoms with Crippen LogP contribution in [0.2, 0.25) is 0 Å². The van der Waals surface area contributed by atoms with Crippen LogP contribution in [0.5, 0.6) is 5.75 Å². The van der Waals surface area contributed by atoms with Gasteiger partial charge >= 0.3 is 0 Å². The lowest BCUT2D eigenvalue weighted by Gasteiger charge is -2.06. The number of nitrogens with zero attached hydrogens (tertiary/aromatic N) is 1. The summed E-state index contributed by atoms with van der Waals surface area (Å²) in [7, 11) is 0. The van der Waals surface area contributed by atoms with Gasteiger partial charge in [-0.25, -0.2) is 0 Å². The van der Waals surface area contributed by atoms with E-state index in [1.165, 1.54) is 0 Å². The summed E-state index contributed by atoms with van der Waals surface area (Å²) in [6.45, 7) is 2.96. The molecule has 6 heteroatoms. The van der Waals surface area contributed by atoms with Crippen molar-refractivity contribution in [3.05, 3.63) is 28.2 Å². The number of hydrogen-bond donors (Lipinski definition) is 2. The molecule has 0 spiro atoms. The highest BCUT2D eigenvalue weighted by Crippen LogP contribution is 2.25. The molecule has 19 heavy (non-hydrogen) atoms. The molecule has 0 amide bonds. The van der Waals surface area contributed by atoms with Gasteiger partial charge in [0.15, 0.2) is 5.11 Å². The summed E-state index contributed by atoms with van der Waals surface area (Å²) in [4.78, 5) is 0. The normalized spacial score (nSPS) is 9.95. The molecule has 0 aliphatic rings. The van der Waals surface area contributed by atoms with Gasteiger partial charge in [0.25, 0.3) is 0 Å². The van der Waals surface area contributed by atoms with Crippen molar-refractivity contribution in [1.29, 1.82) is 0 Å². The fourth-order valence-corrected chi connectivity index (χ4v) is 1.91. The Morgan fingerprint density at radius 1 is 1.63 bits per heavy atom. The monoisotopic (exact) mass is 339 g/mol. The van der Waals surface area contributed by atoms with Gasteiger partial charge in [0.2, 0.25) is 0 Å². The minimum Gasteiger partial charge on any atom is -0.480 e. The van der Waals surface area contributed by atoms with Crippen molar-refractivity contribution in [2.45, 2.75) is 6.92 Å². The Bertz CT molecular complexity index is 511. The molecule has 0 bridgehead atoms. The molecule has 0 aliphatic heterocycles. The highest BCUT2D eigenvalue weighted by atomic mass is 79.9. The molecule has 0 saturated carbocycles. The standard InChI is InChI=1S/C13H14BrN3OS/c1-3-7-18-12-6-5-10(8-11(12)14)9-16-17-13(19)15-4-2/h1,5-6,8-9H,4,7H2,2H3,(H2,15,17,19)/b16-9+. The van der Waals surface area contributed by atoms with E-state index in [-0.39, 0.29) is 6.61 Å². The van der Waals surface area contributed by atoms with Crippen molar-refractivity contribution in [3.8, 4) is 18.1 Å². The summed E-state index contributed by atoms with van der Waals surface area (Å²) in [6.07, 6.45) is 6.80. The van der Waals surface area contributed by atoms with Crippen LogP contribution in [0, 0.1) is 12.3 Å². The number of ether oxygens (including phenoxy) is 1. The van der Waals surface area contributed by atoms with Crippen LogP contribution in [0.1, 0.15) is 12.5 Å². The fraction of sp³-hybridized carbons (Fsp3) is 0.231. The molecule has 0 aromatic heterocycles. The Hall–Kier alpha value is -1.58. The summed E-state index contributed by atoms with van der Waals surface area (Å²) < 4.78 is 6.16. The summed E-state index contributed by atoms with van der Waals surface area (Å²) in [5.74, 6) is 3.12. The van der Waals surface area contributed by atoms with Crippen molar-refractivity contribution in [2.24, 2.45) is 5.10 Å². The van der Waals surface area contributed by atoms with Crippen LogP contribution in [-0.4, -0.2) is 24.5 Å². The zero-order valence-electron chi connectivity index (χ0n) is 10.4. The van der Waals surface area contributed by atoms with Crippen molar-refractivity contribution in [1.82, 2.24) is 10.7 Å². The predicted molar refractivity (Wildman–Crippen MR) is 85.5 cm³/mol. The lowest BCUT2D eigenvalue weighted by Crippen LogP contribution is -2.31. The summed E-state index contributed by atoms with van der Waals surface area (Å²) in [5, 5.41) is 7.45. The second-order valence-electron chi connectivity index (χ2n) is 3.41. The highest BCUT2D eigenvalue weighted by Gasteiger charge is 2.01. The fourth-order valence-electron chi connectivity index (χ4n) is 1.20. The molecule has 100 valence electrons. The van der Waals surface area contributed by atoms with Gasteiger partial charge in [-0.2, -0.15) is 5.10 Å². The largest absolute Gasteiger partial charge is 0.480 e. The van der Waals surface area contributed by atoms with Gasteiger partial charge in [-0.1, -0.05) is 5.92 Å². The van der Waals surface area contributed by atoms with E-state index in [0.717, 1.165) is 16.6 Å². The molecular weight excluding hydrogens is 326 g/mol. The number of thiocarbonyl (C=S) groups is 1. The van der Waals surface area contributed by atoms with Gasteiger partial charge in [-0.05, 0) is 58.8 Å². The Labute approximate surface area is 126 Å². The molecule has 0 aliphatic carbocycles. The molecule has 0 heterocycles. The first kappa shape index (κ1) is 15.5. The van der Waals surface area contributed by atoms with E-state index in [2.05, 4.69) is 37.7 Å². The average molecular weight is 340 g/mol. The summed E-state index contributed by atoms with van der Waals surface area (Å²) in [6, 6.07) is 5.58. The third kappa shape index (κ3) is 5.73. The van der Waals surface area contributed by atoms with Crippen LogP contribution in [0.3, 0.4) is 0 Å². The number of benzene rings is 1. The van der Waals surface area contributed by atoms with E-state index < -0.39 is 0 Å². The van der Waals surface area contributed by atoms with Crippen molar-refractivity contribution in [3.63, 3.8) is 0 Å². The van der Waals surface area contributed by atoms with E-state index in [0.29, 0.717) is 10.9 Å². The topological polar surface area (TPSA) is 45.6 Å². The first-order valence-corrected chi connectivity index (χ1v) is 6.80. The SMILES string of the molecule is C#CCOc1ccc(/C=N/NC(=S)NCC)cc1Br. The number of halogens is 1. The molecule has 4 nitrogen and oxygen atoms in total. The number of nitrogens with one attached hydrogen (secondary N) is 2. The van der Waals surface area contributed by atoms with E-state index in [1.807, 2.05) is 25.1 Å². The Morgan fingerprint density at radius 2 is 2.42 bits per heavy atom. The Kier molecular flexibility index (Phi) is 6.93. The van der Waals surface area contributed by atoms with Crippen LogP contribution in [0.25, 0.3) is 0 Å². The van der Waals surface area contributed by atoms with E-state index in [9.17, 15) is 0 Å². The second kappa shape index (κ2) is 8.51. The predicted octanol–water partition coefficient (Wildman–Crippen LogP) is 2.28. The first-order chi connectivity index (χ1) is 9.17. The minimum atomic E-state index is 0.241. The van der Waals surface area contributed by atoms with Gasteiger partial charge in [-0.15, -0.1) is 6.42 Å². The minimum absolute atomic E-state index is 0.241. The summed E-state index contributed by atoms with van der Waals surface area (Å²) >= 11 is 8.39. The van der Waals surface area contributed by atoms with Crippen molar-refractivity contribution in [2.75, 3.05) is 13.2 Å². The van der Waals surface area contributed by atoms with Gasteiger partial charge < -0.3 is 10.1 Å².